The molecule has 1 aromatic carbocycles. The zero-order valence-electron chi connectivity index (χ0n) is 11.0. The standard InChI is InChI=1S/C14H15N3O2/c1-9-16-11-7-10(3-4-12(11)17(9)2)13(18)8-14-15-5-6-19-14/h3-4,7H,5-6,8H2,1-2H3. The molecule has 98 valence electrons. The minimum atomic E-state index is 0.0193. The Morgan fingerprint density at radius 1 is 1.47 bits per heavy atom. The summed E-state index contributed by atoms with van der Waals surface area (Å²) in [7, 11) is 1.97. The van der Waals surface area contributed by atoms with Crippen molar-refractivity contribution in [1.29, 1.82) is 0 Å². The van der Waals surface area contributed by atoms with E-state index in [1.54, 1.807) is 0 Å². The highest BCUT2D eigenvalue weighted by atomic mass is 16.5. The number of hydrogen-bond acceptors (Lipinski definition) is 4. The molecule has 0 spiro atoms. The average molecular weight is 257 g/mol. The van der Waals surface area contributed by atoms with Gasteiger partial charge in [-0.25, -0.2) is 4.98 Å². The van der Waals surface area contributed by atoms with Crippen molar-refractivity contribution in [2.24, 2.45) is 12.0 Å². The maximum Gasteiger partial charge on any atom is 0.191 e. The number of fused-ring (bicyclic) bond motifs is 1. The van der Waals surface area contributed by atoms with Crippen molar-refractivity contribution < 1.29 is 9.53 Å². The SMILES string of the molecule is Cc1nc2cc(C(=O)CC3=NCCO3)ccc2n1C. The second-order valence-electron chi connectivity index (χ2n) is 4.65. The number of aliphatic imine (C=N–C) groups is 1. The maximum atomic E-state index is 12.1. The lowest BCUT2D eigenvalue weighted by molar-refractivity contribution is 0.0995. The van der Waals surface area contributed by atoms with Crippen LogP contribution in [0.4, 0.5) is 0 Å². The van der Waals surface area contributed by atoms with E-state index in [2.05, 4.69) is 9.98 Å². The zero-order valence-corrected chi connectivity index (χ0v) is 11.0. The van der Waals surface area contributed by atoms with E-state index in [4.69, 9.17) is 4.74 Å². The molecular weight excluding hydrogens is 242 g/mol. The van der Waals surface area contributed by atoms with E-state index >= 15 is 0 Å². The molecule has 0 amide bonds. The van der Waals surface area contributed by atoms with Crippen LogP contribution in [0.2, 0.25) is 0 Å². The van der Waals surface area contributed by atoms with Crippen molar-refractivity contribution in [3.63, 3.8) is 0 Å². The van der Waals surface area contributed by atoms with E-state index in [9.17, 15) is 4.79 Å². The number of ether oxygens (including phenoxy) is 1. The third-order valence-electron chi connectivity index (χ3n) is 3.39. The molecule has 2 heterocycles. The van der Waals surface area contributed by atoms with Gasteiger partial charge in [-0.05, 0) is 25.1 Å². The molecular formula is C14H15N3O2. The Balaban J connectivity index is 1.90. The molecule has 19 heavy (non-hydrogen) atoms. The smallest absolute Gasteiger partial charge is 0.191 e. The summed E-state index contributed by atoms with van der Waals surface area (Å²) >= 11 is 0. The van der Waals surface area contributed by atoms with Crippen LogP contribution in [0.3, 0.4) is 0 Å². The number of carbonyl (C=O) groups is 1. The number of Topliss-reactive ketones (excluding diaryl/α,β-unsaturated/α-hetero) is 1. The highest BCUT2D eigenvalue weighted by Gasteiger charge is 2.15. The van der Waals surface area contributed by atoms with Gasteiger partial charge in [0.05, 0.1) is 24.0 Å². The molecule has 3 rings (SSSR count). The third-order valence-corrected chi connectivity index (χ3v) is 3.39. The van der Waals surface area contributed by atoms with Crippen LogP contribution >= 0.6 is 0 Å². The molecule has 0 unspecified atom stereocenters. The van der Waals surface area contributed by atoms with Gasteiger partial charge in [0.1, 0.15) is 12.4 Å². The fourth-order valence-electron chi connectivity index (χ4n) is 2.22. The summed E-state index contributed by atoms with van der Waals surface area (Å²) in [4.78, 5) is 20.7. The van der Waals surface area contributed by atoms with E-state index in [0.29, 0.717) is 24.6 Å². The Kier molecular flexibility index (Phi) is 2.81. The summed E-state index contributed by atoms with van der Waals surface area (Å²) in [6.45, 7) is 3.19. The molecule has 5 heteroatoms. The number of benzene rings is 1. The van der Waals surface area contributed by atoms with Gasteiger partial charge in [0.2, 0.25) is 0 Å². The second kappa shape index (κ2) is 4.50. The Morgan fingerprint density at radius 3 is 3.05 bits per heavy atom. The molecule has 0 N–H and O–H groups in total. The molecule has 0 radical (unpaired) electrons. The lowest BCUT2D eigenvalue weighted by Crippen LogP contribution is -2.08. The lowest BCUT2D eigenvalue weighted by Gasteiger charge is -2.02. The van der Waals surface area contributed by atoms with Gasteiger partial charge in [-0.2, -0.15) is 0 Å². The fourth-order valence-corrected chi connectivity index (χ4v) is 2.22. The third kappa shape index (κ3) is 2.12. The minimum absolute atomic E-state index is 0.0193. The molecule has 0 saturated heterocycles. The van der Waals surface area contributed by atoms with Crippen LogP contribution in [0.5, 0.6) is 0 Å². The van der Waals surface area contributed by atoms with Gasteiger partial charge in [-0.3, -0.25) is 9.79 Å². The van der Waals surface area contributed by atoms with Gasteiger partial charge in [0, 0.05) is 12.6 Å². The van der Waals surface area contributed by atoms with Gasteiger partial charge in [0.15, 0.2) is 11.7 Å². The van der Waals surface area contributed by atoms with Crippen LogP contribution in [0.25, 0.3) is 11.0 Å². The molecule has 0 saturated carbocycles. The van der Waals surface area contributed by atoms with Gasteiger partial charge in [-0.1, -0.05) is 0 Å². The van der Waals surface area contributed by atoms with Crippen LogP contribution in [0.1, 0.15) is 22.6 Å². The summed E-state index contributed by atoms with van der Waals surface area (Å²) in [6.07, 6.45) is 0.233. The number of ketones is 1. The predicted molar refractivity (Wildman–Crippen MR) is 72.7 cm³/mol. The van der Waals surface area contributed by atoms with Crippen LogP contribution in [-0.4, -0.2) is 34.4 Å². The normalized spacial score (nSPS) is 14.5. The molecule has 5 nitrogen and oxygen atoms in total. The number of aromatic nitrogens is 2. The summed E-state index contributed by atoms with van der Waals surface area (Å²) in [6, 6.07) is 5.60. The summed E-state index contributed by atoms with van der Waals surface area (Å²) in [5.41, 5.74) is 2.53. The molecule has 2 aromatic rings. The predicted octanol–water partition coefficient (Wildman–Crippen LogP) is 1.88. The Hall–Kier alpha value is -2.17. The molecule has 0 aliphatic carbocycles. The molecule has 1 aliphatic heterocycles. The van der Waals surface area contributed by atoms with Crippen LogP contribution in [0.15, 0.2) is 23.2 Å². The number of nitrogens with zero attached hydrogens (tertiary/aromatic N) is 3. The first-order valence-corrected chi connectivity index (χ1v) is 6.27. The first-order valence-electron chi connectivity index (χ1n) is 6.27. The number of carbonyl (C=O) groups excluding carboxylic acids is 1. The fraction of sp³-hybridized carbons (Fsp3) is 0.357. The summed E-state index contributed by atoms with van der Waals surface area (Å²) in [5.74, 6) is 1.50. The number of imidazole rings is 1. The number of rotatable bonds is 3. The Labute approximate surface area is 110 Å². The van der Waals surface area contributed by atoms with Gasteiger partial charge in [-0.15, -0.1) is 0 Å². The quantitative estimate of drug-likeness (QED) is 0.789. The molecule has 0 fully saturated rings. The summed E-state index contributed by atoms with van der Waals surface area (Å²) < 4.78 is 7.27. The van der Waals surface area contributed by atoms with E-state index in [-0.39, 0.29) is 12.2 Å². The van der Waals surface area contributed by atoms with Gasteiger partial charge >= 0.3 is 0 Å². The topological polar surface area (TPSA) is 56.5 Å². The largest absolute Gasteiger partial charge is 0.479 e. The van der Waals surface area contributed by atoms with E-state index in [0.717, 1.165) is 16.9 Å². The Bertz CT molecular complexity index is 685. The van der Waals surface area contributed by atoms with Gasteiger partial charge < -0.3 is 9.30 Å². The molecule has 0 bridgehead atoms. The maximum absolute atomic E-state index is 12.1. The van der Waals surface area contributed by atoms with Crippen LogP contribution < -0.4 is 0 Å². The molecule has 1 aromatic heterocycles. The first-order chi connectivity index (χ1) is 9.15. The molecule has 0 atom stereocenters. The van der Waals surface area contributed by atoms with Crippen molar-refractivity contribution >= 4 is 22.7 Å². The van der Waals surface area contributed by atoms with Crippen molar-refractivity contribution in [3.05, 3.63) is 29.6 Å². The van der Waals surface area contributed by atoms with E-state index < -0.39 is 0 Å². The lowest BCUT2D eigenvalue weighted by atomic mass is 10.1. The van der Waals surface area contributed by atoms with Crippen molar-refractivity contribution in [3.8, 4) is 0 Å². The van der Waals surface area contributed by atoms with Gasteiger partial charge in [0.25, 0.3) is 0 Å². The monoisotopic (exact) mass is 257 g/mol. The van der Waals surface area contributed by atoms with Crippen LogP contribution in [0, 0.1) is 6.92 Å². The van der Waals surface area contributed by atoms with Crippen molar-refractivity contribution in [2.75, 3.05) is 13.2 Å². The number of aryl methyl sites for hydroxylation is 2. The molecule has 1 aliphatic rings. The van der Waals surface area contributed by atoms with E-state index in [1.165, 1.54) is 0 Å². The first kappa shape index (κ1) is 11.9. The average Bonchev–Trinajstić information content (AvgIpc) is 2.99. The second-order valence-corrected chi connectivity index (χ2v) is 4.65. The number of hydrogen-bond donors (Lipinski definition) is 0. The van der Waals surface area contributed by atoms with Crippen LogP contribution in [-0.2, 0) is 11.8 Å². The highest BCUT2D eigenvalue weighted by molar-refractivity contribution is 6.08. The zero-order chi connectivity index (χ0) is 13.4. The van der Waals surface area contributed by atoms with Crippen molar-refractivity contribution in [2.45, 2.75) is 13.3 Å². The highest BCUT2D eigenvalue weighted by Crippen LogP contribution is 2.17. The Morgan fingerprint density at radius 2 is 2.32 bits per heavy atom. The van der Waals surface area contributed by atoms with E-state index in [1.807, 2.05) is 36.7 Å². The van der Waals surface area contributed by atoms with Crippen molar-refractivity contribution in [1.82, 2.24) is 9.55 Å². The summed E-state index contributed by atoms with van der Waals surface area (Å²) in [5, 5.41) is 0. The minimum Gasteiger partial charge on any atom is -0.479 e.